The van der Waals surface area contributed by atoms with Crippen LogP contribution in [0, 0.1) is 5.92 Å². The van der Waals surface area contributed by atoms with Gasteiger partial charge in [0, 0.05) is 32.2 Å². The first kappa shape index (κ1) is 16.6. The summed E-state index contributed by atoms with van der Waals surface area (Å²) in [6.45, 7) is 12.7. The lowest BCUT2D eigenvalue weighted by Crippen LogP contribution is -2.37. The van der Waals surface area contributed by atoms with Crippen LogP contribution in [-0.4, -0.2) is 56.7 Å². The van der Waals surface area contributed by atoms with Crippen molar-refractivity contribution in [3.63, 3.8) is 0 Å². The number of nitrogens with zero attached hydrogens (tertiary/aromatic N) is 1. The molecule has 0 unspecified atom stereocenters. The van der Waals surface area contributed by atoms with Gasteiger partial charge >= 0.3 is 0 Å². The van der Waals surface area contributed by atoms with E-state index in [2.05, 4.69) is 4.90 Å². The first-order chi connectivity index (χ1) is 8.11. The zero-order valence-corrected chi connectivity index (χ0v) is 11.7. The van der Waals surface area contributed by atoms with Crippen molar-refractivity contribution in [2.45, 2.75) is 27.7 Å². The summed E-state index contributed by atoms with van der Waals surface area (Å²) in [4.78, 5) is 13.8. The van der Waals surface area contributed by atoms with Gasteiger partial charge in [0.15, 0.2) is 0 Å². The topological polar surface area (TPSA) is 38.8 Å². The number of carbonyl (C=O) groups excluding carboxylic acids is 1. The van der Waals surface area contributed by atoms with E-state index in [9.17, 15) is 4.79 Å². The molecule has 0 amide bonds. The highest BCUT2D eigenvalue weighted by Crippen LogP contribution is 1.98. The fourth-order valence-corrected chi connectivity index (χ4v) is 1.35. The molecule has 0 heterocycles. The van der Waals surface area contributed by atoms with Gasteiger partial charge in [-0.25, -0.2) is 0 Å². The number of ether oxygens (including phenoxy) is 2. The highest BCUT2D eigenvalue weighted by atomic mass is 16.5. The molecule has 4 heteroatoms. The van der Waals surface area contributed by atoms with Crippen molar-refractivity contribution in [2.75, 3.05) is 46.1 Å². The van der Waals surface area contributed by atoms with Crippen molar-refractivity contribution in [3.05, 3.63) is 0 Å². The Morgan fingerprint density at radius 3 is 1.88 bits per heavy atom. The normalized spacial score (nSPS) is 11.4. The van der Waals surface area contributed by atoms with Gasteiger partial charge in [-0.1, -0.05) is 13.8 Å². The van der Waals surface area contributed by atoms with Crippen LogP contribution in [0.15, 0.2) is 0 Å². The summed E-state index contributed by atoms with van der Waals surface area (Å²) in [5.41, 5.74) is 0. The van der Waals surface area contributed by atoms with Gasteiger partial charge in [0.05, 0.1) is 19.8 Å². The van der Waals surface area contributed by atoms with Crippen LogP contribution in [0.4, 0.5) is 0 Å². The van der Waals surface area contributed by atoms with Gasteiger partial charge in [0.25, 0.3) is 0 Å². The Labute approximate surface area is 105 Å². The Kier molecular flexibility index (Phi) is 10.4. The van der Waals surface area contributed by atoms with Gasteiger partial charge in [-0.3, -0.25) is 9.69 Å². The third-order valence-corrected chi connectivity index (χ3v) is 2.54. The van der Waals surface area contributed by atoms with Gasteiger partial charge in [-0.2, -0.15) is 0 Å². The molecule has 0 aliphatic carbocycles. The number of rotatable bonds is 11. The summed E-state index contributed by atoms with van der Waals surface area (Å²) in [5, 5.41) is 0. The number of ketones is 1. The zero-order chi connectivity index (χ0) is 13.1. The first-order valence-corrected chi connectivity index (χ1v) is 6.52. The third kappa shape index (κ3) is 9.27. The molecule has 17 heavy (non-hydrogen) atoms. The molecule has 0 radical (unpaired) electrons. The number of hydrogen-bond donors (Lipinski definition) is 0. The highest BCUT2D eigenvalue weighted by molar-refractivity contribution is 5.82. The van der Waals surface area contributed by atoms with Crippen LogP contribution >= 0.6 is 0 Å². The first-order valence-electron chi connectivity index (χ1n) is 6.52. The Morgan fingerprint density at radius 1 is 1.06 bits per heavy atom. The Morgan fingerprint density at radius 2 is 1.53 bits per heavy atom. The Hall–Kier alpha value is -0.450. The van der Waals surface area contributed by atoms with Crippen molar-refractivity contribution in [1.29, 1.82) is 0 Å². The molecule has 0 N–H and O–H groups in total. The molecule has 0 saturated carbocycles. The Balaban J connectivity index is 3.95. The van der Waals surface area contributed by atoms with Gasteiger partial charge in [-0.15, -0.1) is 0 Å². The number of Topliss-reactive ketones (excluding diaryl/α,β-unsaturated/α-hetero) is 1. The number of carbonyl (C=O) groups is 1. The fourth-order valence-electron chi connectivity index (χ4n) is 1.35. The van der Waals surface area contributed by atoms with E-state index in [0.29, 0.717) is 19.8 Å². The smallest absolute Gasteiger partial charge is 0.149 e. The van der Waals surface area contributed by atoms with Crippen LogP contribution in [0.5, 0.6) is 0 Å². The van der Waals surface area contributed by atoms with E-state index in [4.69, 9.17) is 9.47 Å². The molecule has 0 rings (SSSR count). The maximum atomic E-state index is 11.7. The highest BCUT2D eigenvalue weighted by Gasteiger charge is 2.13. The van der Waals surface area contributed by atoms with Crippen molar-refractivity contribution in [2.24, 2.45) is 5.92 Å². The molecule has 0 aliphatic heterocycles. The average Bonchev–Trinajstić information content (AvgIpc) is 2.29. The van der Waals surface area contributed by atoms with Crippen molar-refractivity contribution in [3.8, 4) is 0 Å². The second kappa shape index (κ2) is 10.7. The minimum Gasteiger partial charge on any atom is -0.380 e. The number of hydrogen-bond acceptors (Lipinski definition) is 4. The molecule has 0 aromatic rings. The van der Waals surface area contributed by atoms with E-state index in [0.717, 1.165) is 26.3 Å². The van der Waals surface area contributed by atoms with Crippen LogP contribution in [-0.2, 0) is 14.3 Å². The van der Waals surface area contributed by atoms with E-state index in [1.165, 1.54) is 0 Å². The van der Waals surface area contributed by atoms with Crippen LogP contribution in [0.25, 0.3) is 0 Å². The van der Waals surface area contributed by atoms with Gasteiger partial charge in [0.2, 0.25) is 0 Å². The summed E-state index contributed by atoms with van der Waals surface area (Å²) in [5.74, 6) is 0.370. The molecule has 0 fully saturated rings. The standard InChI is InChI=1S/C13H27NO3/c1-5-16-9-7-14(8-10-17-6-2)11-13(15)12(3)4/h12H,5-11H2,1-4H3. The van der Waals surface area contributed by atoms with Crippen molar-refractivity contribution < 1.29 is 14.3 Å². The van der Waals surface area contributed by atoms with Crippen LogP contribution < -0.4 is 0 Å². The monoisotopic (exact) mass is 245 g/mol. The van der Waals surface area contributed by atoms with Crippen LogP contribution in [0.2, 0.25) is 0 Å². The van der Waals surface area contributed by atoms with Gasteiger partial charge in [0.1, 0.15) is 5.78 Å². The van der Waals surface area contributed by atoms with Crippen LogP contribution in [0.1, 0.15) is 27.7 Å². The van der Waals surface area contributed by atoms with E-state index >= 15 is 0 Å². The SMILES string of the molecule is CCOCCN(CCOCC)CC(=O)C(C)C. The van der Waals surface area contributed by atoms with E-state index in [1.807, 2.05) is 27.7 Å². The second-order valence-corrected chi connectivity index (χ2v) is 4.29. The van der Waals surface area contributed by atoms with E-state index < -0.39 is 0 Å². The lowest BCUT2D eigenvalue weighted by atomic mass is 10.1. The molecule has 4 nitrogen and oxygen atoms in total. The average molecular weight is 245 g/mol. The summed E-state index contributed by atoms with van der Waals surface area (Å²) in [7, 11) is 0. The quantitative estimate of drug-likeness (QED) is 0.518. The van der Waals surface area contributed by atoms with Gasteiger partial charge < -0.3 is 9.47 Å². The van der Waals surface area contributed by atoms with E-state index in [1.54, 1.807) is 0 Å². The summed E-state index contributed by atoms with van der Waals surface area (Å²) in [6, 6.07) is 0. The summed E-state index contributed by atoms with van der Waals surface area (Å²) < 4.78 is 10.6. The minimum atomic E-state index is 0.0942. The largest absolute Gasteiger partial charge is 0.380 e. The lowest BCUT2D eigenvalue weighted by Gasteiger charge is -2.22. The van der Waals surface area contributed by atoms with E-state index in [-0.39, 0.29) is 11.7 Å². The molecule has 102 valence electrons. The third-order valence-electron chi connectivity index (χ3n) is 2.54. The molecule has 0 aromatic heterocycles. The molecule has 0 aliphatic rings. The predicted molar refractivity (Wildman–Crippen MR) is 69.3 cm³/mol. The Bertz CT molecular complexity index is 185. The second-order valence-electron chi connectivity index (χ2n) is 4.29. The lowest BCUT2D eigenvalue weighted by molar-refractivity contribution is -0.123. The summed E-state index contributed by atoms with van der Waals surface area (Å²) >= 11 is 0. The molecule has 0 saturated heterocycles. The van der Waals surface area contributed by atoms with Crippen LogP contribution in [0.3, 0.4) is 0 Å². The molecule has 0 bridgehead atoms. The van der Waals surface area contributed by atoms with Gasteiger partial charge in [-0.05, 0) is 13.8 Å². The molecular weight excluding hydrogens is 218 g/mol. The molecule has 0 atom stereocenters. The predicted octanol–water partition coefficient (Wildman–Crippen LogP) is 1.59. The molecule has 0 aromatic carbocycles. The maximum Gasteiger partial charge on any atom is 0.149 e. The molecular formula is C13H27NO3. The summed E-state index contributed by atoms with van der Waals surface area (Å²) in [6.07, 6.45) is 0. The molecule has 0 spiro atoms. The van der Waals surface area contributed by atoms with Crippen molar-refractivity contribution in [1.82, 2.24) is 4.90 Å². The zero-order valence-electron chi connectivity index (χ0n) is 11.7. The van der Waals surface area contributed by atoms with Crippen molar-refractivity contribution >= 4 is 5.78 Å². The maximum absolute atomic E-state index is 11.7. The minimum absolute atomic E-state index is 0.0942. The fraction of sp³-hybridized carbons (Fsp3) is 0.923.